The predicted octanol–water partition coefficient (Wildman–Crippen LogP) is 18.6. The first kappa shape index (κ1) is 65.3. The molecule has 67 heavy (non-hydrogen) atoms. The van der Waals surface area contributed by atoms with Gasteiger partial charge in [0.2, 0.25) is 5.91 Å². The lowest BCUT2D eigenvalue weighted by molar-refractivity contribution is -0.143. The fourth-order valence-corrected chi connectivity index (χ4v) is 9.34. The van der Waals surface area contributed by atoms with Crippen LogP contribution in [-0.2, 0) is 14.3 Å². The topological polar surface area (TPSA) is 95.9 Å². The van der Waals surface area contributed by atoms with Crippen LogP contribution in [0, 0.1) is 0 Å². The Labute approximate surface area is 418 Å². The standard InChI is InChI=1S/C61H117NO5/c1-3-5-7-9-11-13-15-16-31-35-39-43-47-51-55-61(66)67-56-52-48-44-40-36-32-29-27-25-23-21-19-17-18-20-22-24-26-28-30-34-38-42-46-50-54-60(65)62-58(57-63)59(64)53-49-45-41-37-33-14-12-10-8-6-4-2/h15-16,49,53,58-59,63-64H,3-14,17-48,50-52,54-57H2,1-2H3,(H,62,65)/b16-15-,53-49+. The maximum absolute atomic E-state index is 12.4. The van der Waals surface area contributed by atoms with Crippen LogP contribution in [0.2, 0.25) is 0 Å². The Morgan fingerprint density at radius 3 is 1.06 bits per heavy atom. The first-order chi connectivity index (χ1) is 33.0. The molecule has 0 spiro atoms. The van der Waals surface area contributed by atoms with Crippen LogP contribution in [-0.4, -0.2) is 47.4 Å². The number of carbonyl (C=O) groups excluding carboxylic acids is 2. The minimum Gasteiger partial charge on any atom is -0.466 e. The minimum absolute atomic E-state index is 0.00742. The number of aliphatic hydroxyl groups excluding tert-OH is 2. The summed E-state index contributed by atoms with van der Waals surface area (Å²) in [5.74, 6) is -0.0593. The number of rotatable bonds is 56. The fraction of sp³-hybridized carbons (Fsp3) is 0.902. The lowest BCUT2D eigenvalue weighted by Crippen LogP contribution is -2.45. The van der Waals surface area contributed by atoms with Gasteiger partial charge in [0.15, 0.2) is 0 Å². The number of allylic oxidation sites excluding steroid dienone is 3. The van der Waals surface area contributed by atoms with E-state index in [1.54, 1.807) is 6.08 Å². The number of hydrogen-bond donors (Lipinski definition) is 3. The first-order valence-corrected chi connectivity index (χ1v) is 30.1. The molecule has 0 aliphatic heterocycles. The van der Waals surface area contributed by atoms with Crippen LogP contribution in [0.3, 0.4) is 0 Å². The SMILES string of the molecule is CCCCCCC/C=C\CCCCCCCC(=O)OCCCCCCCCCCCCCCCCCCCCCCCCCCCC(=O)NC(CO)C(O)/C=C/CCCCCCCCCCC. The molecule has 0 aliphatic rings. The van der Waals surface area contributed by atoms with Crippen molar-refractivity contribution in [1.29, 1.82) is 0 Å². The fourth-order valence-electron chi connectivity index (χ4n) is 9.34. The Morgan fingerprint density at radius 2 is 0.701 bits per heavy atom. The molecule has 2 unspecified atom stereocenters. The number of unbranched alkanes of at least 4 members (excludes halogenated alkanes) is 43. The molecule has 0 saturated heterocycles. The zero-order valence-electron chi connectivity index (χ0n) is 45.1. The van der Waals surface area contributed by atoms with Gasteiger partial charge in [-0.15, -0.1) is 0 Å². The molecular weight excluding hydrogens is 827 g/mol. The van der Waals surface area contributed by atoms with Gasteiger partial charge in [-0.25, -0.2) is 0 Å². The molecule has 0 radical (unpaired) electrons. The highest BCUT2D eigenvalue weighted by Gasteiger charge is 2.18. The van der Waals surface area contributed by atoms with Crippen LogP contribution in [0.15, 0.2) is 24.3 Å². The highest BCUT2D eigenvalue weighted by atomic mass is 16.5. The first-order valence-electron chi connectivity index (χ1n) is 30.1. The van der Waals surface area contributed by atoms with E-state index in [2.05, 4.69) is 31.3 Å². The Balaban J connectivity index is 3.35. The molecule has 0 heterocycles. The van der Waals surface area contributed by atoms with Crippen LogP contribution in [0.5, 0.6) is 0 Å². The van der Waals surface area contributed by atoms with Crippen molar-refractivity contribution in [2.24, 2.45) is 0 Å². The Bertz CT molecular complexity index is 1040. The molecule has 0 saturated carbocycles. The third-order valence-electron chi connectivity index (χ3n) is 14.0. The second-order valence-electron chi connectivity index (χ2n) is 20.7. The Kier molecular flexibility index (Phi) is 55.5. The molecule has 0 aromatic rings. The Morgan fingerprint density at radius 1 is 0.403 bits per heavy atom. The summed E-state index contributed by atoms with van der Waals surface area (Å²) in [7, 11) is 0. The lowest BCUT2D eigenvalue weighted by atomic mass is 10.0. The molecule has 396 valence electrons. The minimum atomic E-state index is -0.841. The molecule has 6 nitrogen and oxygen atoms in total. The molecule has 0 fully saturated rings. The van der Waals surface area contributed by atoms with Crippen LogP contribution in [0.25, 0.3) is 0 Å². The van der Waals surface area contributed by atoms with Gasteiger partial charge in [-0.1, -0.05) is 282 Å². The van der Waals surface area contributed by atoms with E-state index in [1.807, 2.05) is 6.08 Å². The van der Waals surface area contributed by atoms with Crippen molar-refractivity contribution in [3.63, 3.8) is 0 Å². The molecule has 2 atom stereocenters. The van der Waals surface area contributed by atoms with Crippen molar-refractivity contribution in [1.82, 2.24) is 5.32 Å². The van der Waals surface area contributed by atoms with E-state index in [4.69, 9.17) is 4.74 Å². The van der Waals surface area contributed by atoms with E-state index in [0.717, 1.165) is 44.9 Å². The second kappa shape index (κ2) is 56.9. The zero-order chi connectivity index (χ0) is 48.6. The maximum atomic E-state index is 12.4. The number of esters is 1. The van der Waals surface area contributed by atoms with Crippen LogP contribution >= 0.6 is 0 Å². The third-order valence-corrected chi connectivity index (χ3v) is 14.0. The van der Waals surface area contributed by atoms with Gasteiger partial charge in [0, 0.05) is 12.8 Å². The van der Waals surface area contributed by atoms with Crippen LogP contribution in [0.4, 0.5) is 0 Å². The maximum Gasteiger partial charge on any atom is 0.305 e. The van der Waals surface area contributed by atoms with Gasteiger partial charge in [-0.2, -0.15) is 0 Å². The van der Waals surface area contributed by atoms with E-state index < -0.39 is 12.1 Å². The Hall–Kier alpha value is -1.66. The molecular formula is C61H117NO5. The summed E-state index contributed by atoms with van der Waals surface area (Å²) in [6.07, 6.45) is 69.3. The highest BCUT2D eigenvalue weighted by molar-refractivity contribution is 5.76. The van der Waals surface area contributed by atoms with Crippen molar-refractivity contribution < 1.29 is 24.5 Å². The summed E-state index contributed by atoms with van der Waals surface area (Å²) in [6.45, 7) is 4.89. The zero-order valence-corrected chi connectivity index (χ0v) is 45.1. The van der Waals surface area contributed by atoms with E-state index in [-0.39, 0.29) is 18.5 Å². The molecule has 0 bridgehead atoms. The van der Waals surface area contributed by atoms with Gasteiger partial charge in [0.25, 0.3) is 0 Å². The van der Waals surface area contributed by atoms with Gasteiger partial charge in [0.05, 0.1) is 25.4 Å². The van der Waals surface area contributed by atoms with Gasteiger partial charge in [-0.3, -0.25) is 9.59 Å². The van der Waals surface area contributed by atoms with E-state index in [1.165, 1.54) is 257 Å². The van der Waals surface area contributed by atoms with E-state index in [9.17, 15) is 19.8 Å². The molecule has 0 rings (SSSR count). The quantitative estimate of drug-likeness (QED) is 0.0321. The number of carbonyl (C=O) groups is 2. The molecule has 1 amide bonds. The molecule has 0 aromatic carbocycles. The normalized spacial score (nSPS) is 12.7. The summed E-state index contributed by atoms with van der Waals surface area (Å²) >= 11 is 0. The number of amides is 1. The molecule has 3 N–H and O–H groups in total. The van der Waals surface area contributed by atoms with Gasteiger partial charge < -0.3 is 20.3 Å². The average Bonchev–Trinajstić information content (AvgIpc) is 3.33. The third kappa shape index (κ3) is 53.5. The summed E-state index contributed by atoms with van der Waals surface area (Å²) < 4.78 is 5.48. The lowest BCUT2D eigenvalue weighted by Gasteiger charge is -2.20. The van der Waals surface area contributed by atoms with E-state index >= 15 is 0 Å². The number of hydrogen-bond acceptors (Lipinski definition) is 5. The second-order valence-corrected chi connectivity index (χ2v) is 20.7. The van der Waals surface area contributed by atoms with Crippen LogP contribution < -0.4 is 5.32 Å². The monoisotopic (exact) mass is 944 g/mol. The summed E-state index contributed by atoms with van der Waals surface area (Å²) in [4.78, 5) is 24.5. The summed E-state index contributed by atoms with van der Waals surface area (Å²) in [5.41, 5.74) is 0. The summed E-state index contributed by atoms with van der Waals surface area (Å²) in [6, 6.07) is -0.624. The predicted molar refractivity (Wildman–Crippen MR) is 292 cm³/mol. The van der Waals surface area contributed by atoms with Gasteiger partial charge in [0.1, 0.15) is 0 Å². The van der Waals surface area contributed by atoms with Crippen molar-refractivity contribution >= 4 is 11.9 Å². The van der Waals surface area contributed by atoms with Crippen molar-refractivity contribution in [2.45, 2.75) is 341 Å². The smallest absolute Gasteiger partial charge is 0.305 e. The average molecular weight is 945 g/mol. The van der Waals surface area contributed by atoms with E-state index in [0.29, 0.717) is 19.4 Å². The number of ether oxygens (including phenoxy) is 1. The van der Waals surface area contributed by atoms with Gasteiger partial charge in [-0.05, 0) is 57.8 Å². The number of nitrogens with one attached hydrogen (secondary N) is 1. The molecule has 0 aliphatic carbocycles. The summed E-state index contributed by atoms with van der Waals surface area (Å²) in [5, 5.41) is 23.0. The van der Waals surface area contributed by atoms with Crippen molar-refractivity contribution in [2.75, 3.05) is 13.2 Å². The van der Waals surface area contributed by atoms with Crippen molar-refractivity contribution in [3.8, 4) is 0 Å². The van der Waals surface area contributed by atoms with Crippen LogP contribution in [0.1, 0.15) is 328 Å². The molecule has 6 heteroatoms. The van der Waals surface area contributed by atoms with Crippen molar-refractivity contribution in [3.05, 3.63) is 24.3 Å². The largest absolute Gasteiger partial charge is 0.466 e. The van der Waals surface area contributed by atoms with Gasteiger partial charge >= 0.3 is 5.97 Å². The number of aliphatic hydroxyl groups is 2. The molecule has 0 aromatic heterocycles. The highest BCUT2D eigenvalue weighted by Crippen LogP contribution is 2.17.